The standard InChI is InChI=1S/C9H8F3NO3S/c10-9(11,12)17(14,15)16-8-7-3-1-2-6(7)4-5-13-8/h4-5H,1-3H2. The second-order valence-electron chi connectivity index (χ2n) is 3.59. The maximum atomic E-state index is 12.1. The van der Waals surface area contributed by atoms with Gasteiger partial charge in [-0.1, -0.05) is 0 Å². The van der Waals surface area contributed by atoms with Crippen LogP contribution in [0, 0.1) is 0 Å². The van der Waals surface area contributed by atoms with E-state index in [0.29, 0.717) is 18.4 Å². The highest BCUT2D eigenvalue weighted by Crippen LogP contribution is 2.32. The molecule has 0 spiro atoms. The van der Waals surface area contributed by atoms with E-state index in [-0.39, 0.29) is 0 Å². The second-order valence-corrected chi connectivity index (χ2v) is 5.13. The van der Waals surface area contributed by atoms with Crippen LogP contribution < -0.4 is 4.18 Å². The number of fused-ring (bicyclic) bond motifs is 1. The highest BCUT2D eigenvalue weighted by atomic mass is 32.2. The summed E-state index contributed by atoms with van der Waals surface area (Å²) in [6.45, 7) is 0. The molecule has 4 nitrogen and oxygen atoms in total. The molecule has 0 unspecified atom stereocenters. The Hall–Kier alpha value is -1.31. The summed E-state index contributed by atoms with van der Waals surface area (Å²) in [7, 11) is -5.63. The first kappa shape index (κ1) is 12.2. The zero-order valence-electron chi connectivity index (χ0n) is 8.49. The van der Waals surface area contributed by atoms with Crippen molar-refractivity contribution < 1.29 is 25.8 Å². The highest BCUT2D eigenvalue weighted by Gasteiger charge is 2.49. The number of aryl methyl sites for hydroxylation is 1. The minimum atomic E-state index is -5.63. The van der Waals surface area contributed by atoms with Gasteiger partial charge in [0.15, 0.2) is 0 Å². The Labute approximate surface area is 95.5 Å². The lowest BCUT2D eigenvalue weighted by atomic mass is 10.2. The van der Waals surface area contributed by atoms with Crippen molar-refractivity contribution in [2.24, 2.45) is 0 Å². The summed E-state index contributed by atoms with van der Waals surface area (Å²) in [6, 6.07) is 1.65. The molecule has 1 aliphatic rings. The van der Waals surface area contributed by atoms with Crippen LogP contribution in [0.4, 0.5) is 13.2 Å². The lowest BCUT2D eigenvalue weighted by Crippen LogP contribution is -2.28. The number of alkyl halides is 3. The third kappa shape index (κ3) is 2.21. The normalized spacial score (nSPS) is 15.7. The number of nitrogens with zero attached hydrogens (tertiary/aromatic N) is 1. The van der Waals surface area contributed by atoms with Gasteiger partial charge in [0.1, 0.15) is 0 Å². The topological polar surface area (TPSA) is 56.3 Å². The molecule has 0 aliphatic heterocycles. The number of halogens is 3. The molecule has 0 radical (unpaired) electrons. The maximum absolute atomic E-state index is 12.1. The number of hydrogen-bond donors (Lipinski definition) is 0. The first-order valence-electron chi connectivity index (χ1n) is 4.79. The molecule has 0 saturated carbocycles. The zero-order chi connectivity index (χ0) is 12.7. The number of aromatic nitrogens is 1. The van der Waals surface area contributed by atoms with Crippen molar-refractivity contribution >= 4 is 10.1 Å². The van der Waals surface area contributed by atoms with E-state index in [4.69, 9.17) is 0 Å². The molecule has 0 amide bonds. The summed E-state index contributed by atoms with van der Waals surface area (Å²) in [5, 5.41) is 0. The van der Waals surface area contributed by atoms with Crippen molar-refractivity contribution in [3.05, 3.63) is 23.4 Å². The fraction of sp³-hybridized carbons (Fsp3) is 0.444. The molecule has 0 fully saturated rings. The minimum Gasteiger partial charge on any atom is -0.355 e. The van der Waals surface area contributed by atoms with E-state index in [2.05, 4.69) is 9.17 Å². The van der Waals surface area contributed by atoms with Crippen LogP contribution in [0.5, 0.6) is 5.88 Å². The van der Waals surface area contributed by atoms with Gasteiger partial charge in [-0.15, -0.1) is 0 Å². The molecule has 8 heteroatoms. The van der Waals surface area contributed by atoms with E-state index in [1.807, 2.05) is 0 Å². The summed E-state index contributed by atoms with van der Waals surface area (Å²) in [4.78, 5) is 3.55. The van der Waals surface area contributed by atoms with Crippen molar-refractivity contribution in [1.29, 1.82) is 0 Å². The van der Waals surface area contributed by atoms with E-state index in [1.165, 1.54) is 6.20 Å². The second kappa shape index (κ2) is 3.86. The Balaban J connectivity index is 2.36. The van der Waals surface area contributed by atoms with E-state index < -0.39 is 21.5 Å². The third-order valence-corrected chi connectivity index (χ3v) is 3.40. The first-order chi connectivity index (χ1) is 7.81. The summed E-state index contributed by atoms with van der Waals surface area (Å²) in [5.74, 6) is -0.461. The molecule has 2 rings (SSSR count). The van der Waals surface area contributed by atoms with Gasteiger partial charge in [0.2, 0.25) is 5.88 Å². The molecule has 0 atom stereocenters. The number of hydrogen-bond acceptors (Lipinski definition) is 4. The highest BCUT2D eigenvalue weighted by molar-refractivity contribution is 7.87. The molecule has 0 N–H and O–H groups in total. The number of pyridine rings is 1. The summed E-state index contributed by atoms with van der Waals surface area (Å²) < 4.78 is 62.1. The SMILES string of the molecule is O=S(=O)(Oc1nccc2c1CCC2)C(F)(F)F. The predicted molar refractivity (Wildman–Crippen MR) is 51.9 cm³/mol. The van der Waals surface area contributed by atoms with E-state index in [9.17, 15) is 21.6 Å². The molecule has 1 aromatic rings. The molecule has 17 heavy (non-hydrogen) atoms. The van der Waals surface area contributed by atoms with Gasteiger partial charge in [0.25, 0.3) is 0 Å². The Bertz CT molecular complexity index is 539. The lowest BCUT2D eigenvalue weighted by Gasteiger charge is -2.11. The average molecular weight is 267 g/mol. The van der Waals surface area contributed by atoms with Gasteiger partial charge in [0, 0.05) is 11.8 Å². The van der Waals surface area contributed by atoms with Crippen molar-refractivity contribution in [1.82, 2.24) is 4.98 Å². The molecular weight excluding hydrogens is 259 g/mol. The van der Waals surface area contributed by atoms with Gasteiger partial charge >= 0.3 is 15.6 Å². The first-order valence-corrected chi connectivity index (χ1v) is 6.19. The van der Waals surface area contributed by atoms with Crippen LogP contribution >= 0.6 is 0 Å². The Morgan fingerprint density at radius 1 is 1.29 bits per heavy atom. The molecule has 1 aliphatic carbocycles. The van der Waals surface area contributed by atoms with Crippen molar-refractivity contribution in [3.63, 3.8) is 0 Å². The van der Waals surface area contributed by atoms with Gasteiger partial charge < -0.3 is 4.18 Å². The molecule has 1 aromatic heterocycles. The van der Waals surface area contributed by atoms with Crippen LogP contribution in [0.25, 0.3) is 0 Å². The maximum Gasteiger partial charge on any atom is 0.534 e. The van der Waals surface area contributed by atoms with Gasteiger partial charge in [-0.2, -0.15) is 21.6 Å². The third-order valence-electron chi connectivity index (χ3n) is 2.46. The van der Waals surface area contributed by atoms with Gasteiger partial charge in [-0.05, 0) is 30.9 Å². The van der Waals surface area contributed by atoms with E-state index >= 15 is 0 Å². The number of rotatable bonds is 2. The predicted octanol–water partition coefficient (Wildman–Crippen LogP) is 1.80. The fourth-order valence-electron chi connectivity index (χ4n) is 1.69. The smallest absolute Gasteiger partial charge is 0.355 e. The van der Waals surface area contributed by atoms with Crippen molar-refractivity contribution in [2.75, 3.05) is 0 Å². The minimum absolute atomic E-state index is 0.445. The quantitative estimate of drug-likeness (QED) is 0.605. The monoisotopic (exact) mass is 267 g/mol. The lowest BCUT2D eigenvalue weighted by molar-refractivity contribution is -0.0501. The van der Waals surface area contributed by atoms with Crippen molar-refractivity contribution in [3.8, 4) is 5.88 Å². The van der Waals surface area contributed by atoms with Crippen LogP contribution in [-0.4, -0.2) is 18.9 Å². The summed E-state index contributed by atoms with van der Waals surface area (Å²) >= 11 is 0. The van der Waals surface area contributed by atoms with Crippen LogP contribution in [0.15, 0.2) is 12.3 Å². The molecule has 1 heterocycles. The van der Waals surface area contributed by atoms with Gasteiger partial charge in [-0.3, -0.25) is 0 Å². The van der Waals surface area contributed by atoms with E-state index in [0.717, 1.165) is 12.0 Å². The van der Waals surface area contributed by atoms with Crippen molar-refractivity contribution in [2.45, 2.75) is 24.8 Å². The fourth-order valence-corrected chi connectivity index (χ4v) is 2.14. The molecule has 0 saturated heterocycles. The molecule has 0 bridgehead atoms. The van der Waals surface area contributed by atoms with Crippen LogP contribution in [0.1, 0.15) is 17.5 Å². The Morgan fingerprint density at radius 2 is 2.00 bits per heavy atom. The summed E-state index contributed by atoms with van der Waals surface area (Å²) in [5.41, 5.74) is -4.21. The van der Waals surface area contributed by atoms with Crippen LogP contribution in [0.2, 0.25) is 0 Å². The molecule has 94 valence electrons. The van der Waals surface area contributed by atoms with Gasteiger partial charge in [0.05, 0.1) is 0 Å². The van der Waals surface area contributed by atoms with Crippen LogP contribution in [-0.2, 0) is 23.0 Å². The average Bonchev–Trinajstić information content (AvgIpc) is 2.64. The zero-order valence-corrected chi connectivity index (χ0v) is 9.31. The van der Waals surface area contributed by atoms with Crippen LogP contribution in [0.3, 0.4) is 0 Å². The van der Waals surface area contributed by atoms with E-state index in [1.54, 1.807) is 6.07 Å². The largest absolute Gasteiger partial charge is 0.534 e. The Morgan fingerprint density at radius 3 is 2.65 bits per heavy atom. The summed E-state index contributed by atoms with van der Waals surface area (Å²) in [6.07, 6.45) is 3.17. The Kier molecular flexibility index (Phi) is 2.76. The van der Waals surface area contributed by atoms with Gasteiger partial charge in [-0.25, -0.2) is 4.98 Å². The molecular formula is C9H8F3NO3S. The molecule has 0 aromatic carbocycles.